The number of nitrogens with zero attached hydrogens (tertiary/aromatic N) is 7. The van der Waals surface area contributed by atoms with E-state index in [-0.39, 0.29) is 40.1 Å². The molecule has 0 aliphatic heterocycles. The molecular formula is C48H38N12O5. The average molecular weight is 863 g/mol. The monoisotopic (exact) mass is 862 g/mol. The predicted molar refractivity (Wildman–Crippen MR) is 244 cm³/mol. The van der Waals surface area contributed by atoms with E-state index < -0.39 is 11.8 Å². The number of carbonyl (C=O) groups is 2. The molecule has 0 atom stereocenters. The molecule has 17 nitrogen and oxygen atoms in total. The van der Waals surface area contributed by atoms with Crippen LogP contribution in [-0.2, 0) is 9.59 Å². The zero-order chi connectivity index (χ0) is 45.5. The Morgan fingerprint density at radius 3 is 2.02 bits per heavy atom. The maximum Gasteiger partial charge on any atom is 0.266 e. The van der Waals surface area contributed by atoms with Gasteiger partial charge in [-0.3, -0.25) is 14.6 Å². The lowest BCUT2D eigenvalue weighted by molar-refractivity contribution is -0.117. The number of aromatic nitrogens is 5. The second-order valence-electron chi connectivity index (χ2n) is 13.8. The molecule has 7 aromatic rings. The largest absolute Gasteiger partial charge is 0.457 e. The van der Waals surface area contributed by atoms with Gasteiger partial charge in [-0.2, -0.15) is 10.5 Å². The van der Waals surface area contributed by atoms with Gasteiger partial charge in [0, 0.05) is 19.2 Å². The number of hydrogen-bond acceptors (Lipinski definition) is 15. The Bertz CT molecular complexity index is 2970. The van der Waals surface area contributed by atoms with Crippen LogP contribution in [0.4, 0.5) is 23.1 Å². The average Bonchev–Trinajstić information content (AvgIpc) is 3.32. The number of benzene rings is 4. The molecule has 7 N–H and O–H groups in total. The van der Waals surface area contributed by atoms with Crippen molar-refractivity contribution >= 4 is 41.0 Å². The van der Waals surface area contributed by atoms with Crippen molar-refractivity contribution in [3.8, 4) is 69.0 Å². The lowest BCUT2D eigenvalue weighted by atomic mass is 10.1. The number of carbonyl (C=O) groups excluding carboxylic acids is 2. The van der Waals surface area contributed by atoms with Crippen LogP contribution in [0.25, 0.3) is 28.3 Å². The van der Waals surface area contributed by atoms with E-state index in [0.29, 0.717) is 70.6 Å². The van der Waals surface area contributed by atoms with Gasteiger partial charge in [0.1, 0.15) is 82.1 Å². The number of nitriles is 2. The van der Waals surface area contributed by atoms with E-state index >= 15 is 0 Å². The van der Waals surface area contributed by atoms with Crippen molar-refractivity contribution in [1.29, 1.82) is 10.5 Å². The summed E-state index contributed by atoms with van der Waals surface area (Å²) in [5.41, 5.74) is 15.4. The number of rotatable bonds is 17. The molecule has 65 heavy (non-hydrogen) atoms. The molecule has 0 radical (unpaired) electrons. The van der Waals surface area contributed by atoms with E-state index in [2.05, 4.69) is 47.4 Å². The van der Waals surface area contributed by atoms with Crippen molar-refractivity contribution in [3.05, 3.63) is 158 Å². The fourth-order valence-corrected chi connectivity index (χ4v) is 6.18. The summed E-state index contributed by atoms with van der Waals surface area (Å²) in [4.78, 5) is 46.3. The van der Waals surface area contributed by atoms with Crippen molar-refractivity contribution in [2.24, 2.45) is 0 Å². The topological polar surface area (TPSA) is 262 Å². The van der Waals surface area contributed by atoms with E-state index in [9.17, 15) is 14.9 Å². The Morgan fingerprint density at radius 2 is 1.31 bits per heavy atom. The van der Waals surface area contributed by atoms with Gasteiger partial charge in [0.25, 0.3) is 11.8 Å². The zero-order valence-electron chi connectivity index (χ0n) is 34.4. The number of nitrogen functional groups attached to an aromatic ring is 2. The summed E-state index contributed by atoms with van der Waals surface area (Å²) < 4.78 is 18.1. The molecule has 0 saturated carbocycles. The third-order valence-corrected chi connectivity index (χ3v) is 9.28. The summed E-state index contributed by atoms with van der Waals surface area (Å²) >= 11 is 0. The van der Waals surface area contributed by atoms with Crippen LogP contribution in [0.1, 0.15) is 12.0 Å². The summed E-state index contributed by atoms with van der Waals surface area (Å²) in [6.07, 6.45) is 7.48. The fourth-order valence-electron chi connectivity index (χ4n) is 6.18. The molecule has 7 rings (SSSR count). The third kappa shape index (κ3) is 11.4. The molecule has 0 unspecified atom stereocenters. The minimum Gasteiger partial charge on any atom is -0.457 e. The minimum absolute atomic E-state index is 0.157. The molecule has 17 heteroatoms. The van der Waals surface area contributed by atoms with Gasteiger partial charge >= 0.3 is 0 Å². The number of hydrogen-bond donors (Lipinski definition) is 5. The Morgan fingerprint density at radius 1 is 0.662 bits per heavy atom. The lowest BCUT2D eigenvalue weighted by Crippen LogP contribution is -2.26. The molecular weight excluding hydrogens is 825 g/mol. The van der Waals surface area contributed by atoms with Gasteiger partial charge in [-0.1, -0.05) is 61.2 Å². The van der Waals surface area contributed by atoms with Crippen molar-refractivity contribution in [3.63, 3.8) is 0 Å². The van der Waals surface area contributed by atoms with E-state index in [1.807, 2.05) is 60.7 Å². The Kier molecular flexibility index (Phi) is 13.9. The Labute approximate surface area is 372 Å². The van der Waals surface area contributed by atoms with Crippen LogP contribution < -0.4 is 41.6 Å². The minimum atomic E-state index is -0.676. The summed E-state index contributed by atoms with van der Waals surface area (Å²) in [7, 11) is 0. The van der Waals surface area contributed by atoms with Crippen LogP contribution >= 0.6 is 0 Å². The number of nitrogens with two attached hydrogens (primary N) is 2. The van der Waals surface area contributed by atoms with Gasteiger partial charge in [-0.25, -0.2) is 19.9 Å². The number of nitrogens with one attached hydrogen (secondary N) is 3. The standard InChI is InChI=1S/C48H38N12O5/c1-30(24-49)46(61)55-20-6-19-54-45-41(43(51)56-28-58-45)32-11-15-38(16-12-32)64-39-10-5-7-31(22-39)21-34(25-50)47(62)60-35-23-40(27-53-26-35)65-48-42(44(52)57-29-59-48)33-13-17-37(18-14-33)63-36-8-3-2-4-9-36/h2-5,7-18,21-23,26-29H,1,6,19-20H2,(H,55,61)(H,60,62)(H2,52,57,59)(H3,51,54,56,58). The molecule has 320 valence electrons. The quantitative estimate of drug-likeness (QED) is 0.0329. The number of pyridine rings is 1. The Balaban J connectivity index is 0.977. The smallest absolute Gasteiger partial charge is 0.266 e. The first-order valence-electron chi connectivity index (χ1n) is 19.8. The molecule has 0 aliphatic carbocycles. The maximum atomic E-state index is 13.4. The summed E-state index contributed by atoms with van der Waals surface area (Å²) in [6.45, 7) is 4.18. The predicted octanol–water partition coefficient (Wildman–Crippen LogP) is 8.08. The summed E-state index contributed by atoms with van der Waals surface area (Å²) in [6, 6.07) is 35.9. The van der Waals surface area contributed by atoms with Crippen molar-refractivity contribution in [1.82, 2.24) is 30.2 Å². The first kappa shape index (κ1) is 43.5. The molecule has 0 aliphatic rings. The fraction of sp³-hybridized carbons (Fsp3) is 0.0625. The zero-order valence-corrected chi connectivity index (χ0v) is 34.4. The van der Waals surface area contributed by atoms with E-state index in [1.54, 1.807) is 54.6 Å². The second kappa shape index (κ2) is 20.8. The highest BCUT2D eigenvalue weighted by molar-refractivity contribution is 6.09. The van der Waals surface area contributed by atoms with Gasteiger partial charge < -0.3 is 41.6 Å². The highest BCUT2D eigenvalue weighted by atomic mass is 16.5. The number of para-hydroxylation sites is 1. The highest BCUT2D eigenvalue weighted by Gasteiger charge is 2.17. The maximum absolute atomic E-state index is 13.4. The highest BCUT2D eigenvalue weighted by Crippen LogP contribution is 2.37. The van der Waals surface area contributed by atoms with Gasteiger partial charge in [0.15, 0.2) is 0 Å². The first-order valence-corrected chi connectivity index (χ1v) is 19.8. The molecule has 4 aromatic carbocycles. The van der Waals surface area contributed by atoms with Crippen LogP contribution in [0.2, 0.25) is 0 Å². The van der Waals surface area contributed by atoms with Crippen LogP contribution in [0.15, 0.2) is 152 Å². The van der Waals surface area contributed by atoms with E-state index in [1.165, 1.54) is 37.2 Å². The van der Waals surface area contributed by atoms with Gasteiger partial charge in [-0.15, -0.1) is 0 Å². The van der Waals surface area contributed by atoms with Crippen LogP contribution in [-0.4, -0.2) is 49.8 Å². The van der Waals surface area contributed by atoms with Crippen molar-refractivity contribution < 1.29 is 23.8 Å². The summed E-state index contributed by atoms with van der Waals surface area (Å²) in [5, 5.41) is 27.4. The first-order chi connectivity index (χ1) is 31.7. The molecule has 3 heterocycles. The molecule has 0 bridgehead atoms. The van der Waals surface area contributed by atoms with Crippen LogP contribution in [0, 0.1) is 22.7 Å². The second-order valence-corrected chi connectivity index (χ2v) is 13.8. The van der Waals surface area contributed by atoms with Crippen LogP contribution in [0.3, 0.4) is 0 Å². The molecule has 2 amide bonds. The van der Waals surface area contributed by atoms with Gasteiger partial charge in [-0.05, 0) is 77.7 Å². The third-order valence-electron chi connectivity index (χ3n) is 9.28. The van der Waals surface area contributed by atoms with Gasteiger partial charge in [0.05, 0.1) is 29.2 Å². The van der Waals surface area contributed by atoms with Gasteiger partial charge in [0.2, 0.25) is 5.88 Å². The SMILES string of the molecule is C=C(C#N)C(=O)NCCCNc1ncnc(N)c1-c1ccc(Oc2cccc(C=C(C#N)C(=O)Nc3cncc(Oc4ncnc(N)c4-c4ccc(Oc5ccccc5)cc4)c3)c2)cc1. The Hall–Kier alpha value is -9.61. The molecule has 0 saturated heterocycles. The van der Waals surface area contributed by atoms with Crippen molar-refractivity contribution in [2.45, 2.75) is 6.42 Å². The van der Waals surface area contributed by atoms with Crippen molar-refractivity contribution in [2.75, 3.05) is 35.2 Å². The van der Waals surface area contributed by atoms with E-state index in [0.717, 1.165) is 5.56 Å². The van der Waals surface area contributed by atoms with E-state index in [4.69, 9.17) is 30.9 Å². The lowest BCUT2D eigenvalue weighted by Gasteiger charge is -2.13. The molecule has 3 aromatic heterocycles. The molecule has 0 fully saturated rings. The van der Waals surface area contributed by atoms with Crippen LogP contribution in [0.5, 0.6) is 34.6 Å². The summed E-state index contributed by atoms with van der Waals surface area (Å²) in [5.74, 6) is 2.44. The number of ether oxygens (including phenoxy) is 3. The number of anilines is 4. The molecule has 0 spiro atoms. The normalized spacial score (nSPS) is 10.7. The number of amides is 2.